The Morgan fingerprint density at radius 1 is 1.67 bits per heavy atom. The zero-order chi connectivity index (χ0) is 10.7. The van der Waals surface area contributed by atoms with Crippen molar-refractivity contribution in [3.63, 3.8) is 0 Å². The lowest BCUT2D eigenvalue weighted by molar-refractivity contribution is 0.862. The van der Waals surface area contributed by atoms with Crippen molar-refractivity contribution < 1.29 is 0 Å². The van der Waals surface area contributed by atoms with Crippen LogP contribution in [0.25, 0.3) is 0 Å². The molecule has 6 heteroatoms. The molecule has 1 aliphatic carbocycles. The first-order chi connectivity index (χ1) is 7.28. The molecule has 0 unspecified atom stereocenters. The van der Waals surface area contributed by atoms with Crippen molar-refractivity contribution in [2.75, 3.05) is 11.1 Å². The Morgan fingerprint density at radius 2 is 2.47 bits per heavy atom. The van der Waals surface area contributed by atoms with E-state index in [1.165, 1.54) is 12.8 Å². The molecule has 15 heavy (non-hydrogen) atoms. The van der Waals surface area contributed by atoms with Gasteiger partial charge in [-0.1, -0.05) is 23.1 Å². The van der Waals surface area contributed by atoms with Crippen molar-refractivity contribution >= 4 is 28.2 Å². The lowest BCUT2D eigenvalue weighted by Gasteiger charge is -1.97. The first-order valence-corrected chi connectivity index (χ1v) is 6.70. The number of hydrogen-bond donors (Lipinski definition) is 1. The van der Waals surface area contributed by atoms with Gasteiger partial charge < -0.3 is 5.32 Å². The number of nitrogens with one attached hydrogen (secondary N) is 1. The molecule has 0 amide bonds. The molecule has 4 nitrogen and oxygen atoms in total. The highest BCUT2D eigenvalue weighted by Gasteiger charge is 2.22. The predicted octanol–water partition coefficient (Wildman–Crippen LogP) is 2.36. The second-order valence-electron chi connectivity index (χ2n) is 3.63. The normalized spacial score (nSPS) is 17.1. The summed E-state index contributed by atoms with van der Waals surface area (Å²) < 4.78 is 0.945. The number of aromatic nitrogens is 2. The average molecular weight is 240 g/mol. The maximum absolute atomic E-state index is 8.64. The Morgan fingerprint density at radius 3 is 3.13 bits per heavy atom. The molecule has 1 N–H and O–H groups in total. The number of thioether (sulfide) groups is 1. The minimum atomic E-state index is 0.0683. The van der Waals surface area contributed by atoms with E-state index in [-0.39, 0.29) is 5.92 Å². The lowest BCUT2D eigenvalue weighted by atomic mass is 10.3. The molecule has 1 saturated carbocycles. The molecule has 1 aromatic heterocycles. The van der Waals surface area contributed by atoms with Crippen LogP contribution in [-0.2, 0) is 0 Å². The summed E-state index contributed by atoms with van der Waals surface area (Å²) in [6.07, 6.45) is 2.49. The molecular formula is C9H12N4S2. The van der Waals surface area contributed by atoms with Crippen LogP contribution in [0.1, 0.15) is 19.8 Å². The summed E-state index contributed by atoms with van der Waals surface area (Å²) in [7, 11) is 0. The molecule has 1 atom stereocenters. The lowest BCUT2D eigenvalue weighted by Crippen LogP contribution is -1.99. The molecule has 0 spiro atoms. The third-order valence-corrected chi connectivity index (χ3v) is 4.24. The van der Waals surface area contributed by atoms with E-state index in [4.69, 9.17) is 5.26 Å². The summed E-state index contributed by atoms with van der Waals surface area (Å²) in [5.41, 5.74) is 0. The Kier molecular flexibility index (Phi) is 3.44. The molecule has 1 aliphatic rings. The molecular weight excluding hydrogens is 228 g/mol. The number of hydrogen-bond acceptors (Lipinski definition) is 6. The van der Waals surface area contributed by atoms with Crippen LogP contribution in [0.15, 0.2) is 4.34 Å². The molecule has 0 bridgehead atoms. The van der Waals surface area contributed by atoms with Crippen molar-refractivity contribution in [2.45, 2.75) is 30.1 Å². The first-order valence-electron chi connectivity index (χ1n) is 4.90. The van der Waals surface area contributed by atoms with E-state index in [1.54, 1.807) is 23.1 Å². The number of nitriles is 1. The highest BCUT2D eigenvalue weighted by atomic mass is 32.2. The maximum atomic E-state index is 8.64. The smallest absolute Gasteiger partial charge is 0.206 e. The van der Waals surface area contributed by atoms with Crippen LogP contribution in [0.2, 0.25) is 0 Å². The van der Waals surface area contributed by atoms with Gasteiger partial charge in [0.1, 0.15) is 0 Å². The van der Waals surface area contributed by atoms with Crippen LogP contribution in [0.4, 0.5) is 5.13 Å². The first kappa shape index (κ1) is 10.7. The van der Waals surface area contributed by atoms with Crippen LogP contribution in [-0.4, -0.2) is 22.0 Å². The largest absolute Gasteiger partial charge is 0.357 e. The fraction of sp³-hybridized carbons (Fsp3) is 0.667. The van der Waals surface area contributed by atoms with Gasteiger partial charge in [-0.15, -0.1) is 10.2 Å². The molecule has 0 saturated heterocycles. The van der Waals surface area contributed by atoms with E-state index in [9.17, 15) is 0 Å². The Hall–Kier alpha value is -0.800. The standard InChI is InChI=1S/C9H12N4S2/c1-6(4-10)5-14-9-13-12-8(15-9)11-7-2-3-7/h6-7H,2-3,5H2,1H3,(H,11,12)/t6-/m1/s1. The van der Waals surface area contributed by atoms with E-state index >= 15 is 0 Å². The van der Waals surface area contributed by atoms with E-state index in [0.29, 0.717) is 6.04 Å². The zero-order valence-electron chi connectivity index (χ0n) is 8.43. The van der Waals surface area contributed by atoms with Gasteiger partial charge in [-0.05, 0) is 19.8 Å². The molecule has 1 heterocycles. The average Bonchev–Trinajstić information content (AvgIpc) is 2.93. The minimum absolute atomic E-state index is 0.0683. The summed E-state index contributed by atoms with van der Waals surface area (Å²) in [5.74, 6) is 0.855. The van der Waals surface area contributed by atoms with E-state index in [1.807, 2.05) is 6.92 Å². The maximum Gasteiger partial charge on any atom is 0.206 e. The quantitative estimate of drug-likeness (QED) is 0.801. The highest BCUT2D eigenvalue weighted by molar-refractivity contribution is 8.01. The summed E-state index contributed by atoms with van der Waals surface area (Å²) in [6, 6.07) is 2.82. The summed E-state index contributed by atoms with van der Waals surface area (Å²) in [6.45, 7) is 1.91. The van der Waals surface area contributed by atoms with Crippen molar-refractivity contribution in [2.24, 2.45) is 5.92 Å². The van der Waals surface area contributed by atoms with Crippen LogP contribution in [0.5, 0.6) is 0 Å². The fourth-order valence-electron chi connectivity index (χ4n) is 0.962. The Bertz CT molecular complexity index is 366. The van der Waals surface area contributed by atoms with Crippen molar-refractivity contribution in [1.29, 1.82) is 5.26 Å². The van der Waals surface area contributed by atoms with Gasteiger partial charge in [-0.2, -0.15) is 5.26 Å². The van der Waals surface area contributed by atoms with Gasteiger partial charge in [0, 0.05) is 11.8 Å². The third kappa shape index (κ3) is 3.36. The molecule has 1 aromatic rings. The van der Waals surface area contributed by atoms with E-state index < -0.39 is 0 Å². The highest BCUT2D eigenvalue weighted by Crippen LogP contribution is 2.30. The van der Waals surface area contributed by atoms with Gasteiger partial charge in [-0.3, -0.25) is 0 Å². The topological polar surface area (TPSA) is 61.6 Å². The van der Waals surface area contributed by atoms with Gasteiger partial charge in [-0.25, -0.2) is 0 Å². The zero-order valence-corrected chi connectivity index (χ0v) is 10.1. The summed E-state index contributed by atoms with van der Waals surface area (Å²) in [5, 5.41) is 21.0. The fourth-order valence-corrected chi connectivity index (χ4v) is 2.76. The second-order valence-corrected chi connectivity index (χ2v) is 5.88. The Labute approximate surface area is 97.1 Å². The number of rotatable bonds is 5. The van der Waals surface area contributed by atoms with Gasteiger partial charge in [0.2, 0.25) is 5.13 Å². The molecule has 0 aliphatic heterocycles. The SMILES string of the molecule is C[C@H](C#N)CSc1nnc(NC2CC2)s1. The minimum Gasteiger partial charge on any atom is -0.357 e. The molecule has 0 radical (unpaired) electrons. The third-order valence-electron chi connectivity index (χ3n) is 1.99. The number of anilines is 1. The summed E-state index contributed by atoms with van der Waals surface area (Å²) in [4.78, 5) is 0. The number of nitrogens with zero attached hydrogens (tertiary/aromatic N) is 3. The monoisotopic (exact) mass is 240 g/mol. The summed E-state index contributed by atoms with van der Waals surface area (Å²) >= 11 is 3.18. The van der Waals surface area contributed by atoms with Crippen LogP contribution >= 0.6 is 23.1 Å². The van der Waals surface area contributed by atoms with Gasteiger partial charge in [0.25, 0.3) is 0 Å². The van der Waals surface area contributed by atoms with Crippen LogP contribution in [0, 0.1) is 17.2 Å². The molecule has 2 rings (SSSR count). The van der Waals surface area contributed by atoms with Gasteiger partial charge >= 0.3 is 0 Å². The molecule has 0 aromatic carbocycles. The van der Waals surface area contributed by atoms with E-state index in [0.717, 1.165) is 15.2 Å². The predicted molar refractivity (Wildman–Crippen MR) is 62.1 cm³/mol. The molecule has 1 fully saturated rings. The van der Waals surface area contributed by atoms with Gasteiger partial charge in [0.05, 0.1) is 12.0 Å². The molecule has 80 valence electrons. The Balaban J connectivity index is 1.81. The van der Waals surface area contributed by atoms with Crippen LogP contribution in [0.3, 0.4) is 0 Å². The van der Waals surface area contributed by atoms with Crippen molar-refractivity contribution in [1.82, 2.24) is 10.2 Å². The van der Waals surface area contributed by atoms with E-state index in [2.05, 4.69) is 21.6 Å². The van der Waals surface area contributed by atoms with Gasteiger partial charge in [0.15, 0.2) is 4.34 Å². The van der Waals surface area contributed by atoms with Crippen LogP contribution < -0.4 is 5.32 Å². The van der Waals surface area contributed by atoms with Crippen molar-refractivity contribution in [3.8, 4) is 6.07 Å². The second kappa shape index (κ2) is 4.81. The van der Waals surface area contributed by atoms with Crippen molar-refractivity contribution in [3.05, 3.63) is 0 Å².